The number of benzene rings is 1. The van der Waals surface area contributed by atoms with Crippen molar-refractivity contribution in [3.8, 4) is 0 Å². The highest BCUT2D eigenvalue weighted by molar-refractivity contribution is 5.99. The topological polar surface area (TPSA) is 48.1 Å². The molecule has 1 aliphatic heterocycles. The highest BCUT2D eigenvalue weighted by Gasteiger charge is 2.39. The molecule has 1 unspecified atom stereocenters. The summed E-state index contributed by atoms with van der Waals surface area (Å²) in [7, 11) is 0. The second kappa shape index (κ2) is 6.52. The monoisotopic (exact) mass is 363 g/mol. The van der Waals surface area contributed by atoms with E-state index in [0.717, 1.165) is 31.8 Å². The van der Waals surface area contributed by atoms with E-state index < -0.39 is 0 Å². The zero-order valence-electron chi connectivity index (χ0n) is 16.3. The molecule has 1 aromatic carbocycles. The van der Waals surface area contributed by atoms with Crippen LogP contribution in [0.1, 0.15) is 44.2 Å². The Morgan fingerprint density at radius 3 is 3.00 bits per heavy atom. The third kappa shape index (κ3) is 3.00. The Labute approximate surface area is 161 Å². The third-order valence-electron chi connectivity index (χ3n) is 6.65. The Bertz CT molecular complexity index is 907. The Morgan fingerprint density at radius 2 is 2.22 bits per heavy atom. The number of H-pyrrole nitrogens is 1. The second-order valence-electron chi connectivity index (χ2n) is 8.71. The third-order valence-corrected chi connectivity index (χ3v) is 6.65. The summed E-state index contributed by atoms with van der Waals surface area (Å²) in [5.74, 6) is 0.953. The maximum Gasteiger partial charge on any atom is 0.228 e. The van der Waals surface area contributed by atoms with Gasteiger partial charge in [-0.05, 0) is 61.3 Å². The van der Waals surface area contributed by atoms with Crippen LogP contribution < -0.4 is 5.32 Å². The molecule has 0 bridgehead atoms. The number of carbonyl (C=O) groups is 1. The second-order valence-corrected chi connectivity index (χ2v) is 8.71. The molecule has 142 valence electrons. The van der Waals surface area contributed by atoms with Gasteiger partial charge >= 0.3 is 0 Å². The zero-order valence-corrected chi connectivity index (χ0v) is 16.3. The molecule has 1 aromatic heterocycles. The number of rotatable bonds is 5. The number of hydrogen-bond donors (Lipinski definition) is 2. The molecule has 2 N–H and O–H groups in total. The molecule has 1 fully saturated rings. The smallest absolute Gasteiger partial charge is 0.228 e. The van der Waals surface area contributed by atoms with Gasteiger partial charge in [0.05, 0.1) is 5.92 Å². The minimum atomic E-state index is -0.0558. The van der Waals surface area contributed by atoms with Gasteiger partial charge in [-0.2, -0.15) is 0 Å². The van der Waals surface area contributed by atoms with Crippen molar-refractivity contribution in [2.75, 3.05) is 13.1 Å². The quantitative estimate of drug-likeness (QED) is 0.850. The molecular formula is C23H29N3O. The van der Waals surface area contributed by atoms with E-state index in [-0.39, 0.29) is 17.9 Å². The molecule has 2 aromatic rings. The summed E-state index contributed by atoms with van der Waals surface area (Å²) >= 11 is 0. The molecule has 0 spiro atoms. The molecule has 0 saturated heterocycles. The number of nitrogens with one attached hydrogen (secondary N) is 2. The average Bonchev–Trinajstić information content (AvgIpc) is 3.40. The van der Waals surface area contributed by atoms with Gasteiger partial charge in [0, 0.05) is 42.3 Å². The number of aromatic amines is 1. The van der Waals surface area contributed by atoms with Crippen LogP contribution >= 0.6 is 0 Å². The van der Waals surface area contributed by atoms with E-state index >= 15 is 0 Å². The van der Waals surface area contributed by atoms with Crippen molar-refractivity contribution in [1.29, 1.82) is 0 Å². The van der Waals surface area contributed by atoms with Gasteiger partial charge in [-0.3, -0.25) is 9.69 Å². The van der Waals surface area contributed by atoms with Crippen molar-refractivity contribution >= 4 is 22.4 Å². The van der Waals surface area contributed by atoms with Crippen molar-refractivity contribution in [3.63, 3.8) is 0 Å². The van der Waals surface area contributed by atoms with Crippen molar-refractivity contribution in [2.45, 2.75) is 51.6 Å². The Hall–Kier alpha value is -2.07. The van der Waals surface area contributed by atoms with Gasteiger partial charge in [-0.25, -0.2) is 0 Å². The average molecular weight is 364 g/mol. The maximum absolute atomic E-state index is 12.9. The number of amides is 1. The zero-order chi connectivity index (χ0) is 18.5. The van der Waals surface area contributed by atoms with E-state index in [1.807, 2.05) is 0 Å². The molecule has 1 saturated carbocycles. The first-order valence-electron chi connectivity index (χ1n) is 10.5. The largest absolute Gasteiger partial charge is 0.361 e. The highest BCUT2D eigenvalue weighted by atomic mass is 16.2. The first kappa shape index (κ1) is 17.1. The minimum absolute atomic E-state index is 0.0558. The van der Waals surface area contributed by atoms with E-state index in [1.54, 1.807) is 0 Å². The molecule has 3 atom stereocenters. The normalized spacial score (nSPS) is 25.8. The highest BCUT2D eigenvalue weighted by Crippen LogP contribution is 2.42. The van der Waals surface area contributed by atoms with Crippen LogP contribution in [0.2, 0.25) is 0 Å². The number of nitrogens with zero attached hydrogens (tertiary/aromatic N) is 1. The predicted octanol–water partition coefficient (Wildman–Crippen LogP) is 3.73. The standard InChI is InChI=1S/C23H29N3O/c1-3-14(2)25-23(27)17-9-19-18-5-4-6-20-22(18)16(11-24-20)10-21(19)26(13-17)12-15-7-8-15/h4-6,9,11,14-15,17,21,24H,3,7-8,10,12-13H2,1-2H3,(H,25,27)/t14?,17-,21-/m1/s1. The molecular weight excluding hydrogens is 334 g/mol. The van der Waals surface area contributed by atoms with Gasteiger partial charge in [-0.15, -0.1) is 0 Å². The van der Waals surface area contributed by atoms with E-state index in [9.17, 15) is 4.79 Å². The van der Waals surface area contributed by atoms with Gasteiger partial charge in [0.2, 0.25) is 5.91 Å². The maximum atomic E-state index is 12.9. The summed E-state index contributed by atoms with van der Waals surface area (Å²) in [5.41, 5.74) is 5.32. The number of hydrogen-bond acceptors (Lipinski definition) is 2. The molecule has 0 radical (unpaired) electrons. The van der Waals surface area contributed by atoms with E-state index in [4.69, 9.17) is 0 Å². The summed E-state index contributed by atoms with van der Waals surface area (Å²) in [5, 5.41) is 4.56. The minimum Gasteiger partial charge on any atom is -0.361 e. The summed E-state index contributed by atoms with van der Waals surface area (Å²) in [6.45, 7) is 6.19. The summed E-state index contributed by atoms with van der Waals surface area (Å²) in [6.07, 6.45) is 9.16. The molecule has 4 heteroatoms. The fourth-order valence-corrected chi connectivity index (χ4v) is 4.78. The van der Waals surface area contributed by atoms with Crippen molar-refractivity contribution < 1.29 is 4.79 Å². The summed E-state index contributed by atoms with van der Waals surface area (Å²) in [6, 6.07) is 7.17. The summed E-state index contributed by atoms with van der Waals surface area (Å²) in [4.78, 5) is 19.0. The van der Waals surface area contributed by atoms with Gasteiger partial charge in [-0.1, -0.05) is 25.1 Å². The van der Waals surface area contributed by atoms with Crippen LogP contribution in [-0.2, 0) is 11.2 Å². The Morgan fingerprint density at radius 1 is 1.37 bits per heavy atom. The fourth-order valence-electron chi connectivity index (χ4n) is 4.78. The molecule has 1 amide bonds. The first-order valence-corrected chi connectivity index (χ1v) is 10.5. The van der Waals surface area contributed by atoms with Gasteiger partial charge < -0.3 is 10.3 Å². The van der Waals surface area contributed by atoms with E-state index in [0.29, 0.717) is 6.04 Å². The van der Waals surface area contributed by atoms with Crippen LogP contribution in [0.3, 0.4) is 0 Å². The molecule has 2 heterocycles. The number of aromatic nitrogens is 1. The lowest BCUT2D eigenvalue weighted by atomic mass is 9.79. The van der Waals surface area contributed by atoms with Crippen LogP contribution in [-0.4, -0.2) is 41.0 Å². The Balaban J connectivity index is 1.54. The first-order chi connectivity index (χ1) is 13.1. The lowest BCUT2D eigenvalue weighted by molar-refractivity contribution is -0.125. The van der Waals surface area contributed by atoms with Gasteiger partial charge in [0.1, 0.15) is 0 Å². The lowest BCUT2D eigenvalue weighted by Crippen LogP contribution is -2.50. The summed E-state index contributed by atoms with van der Waals surface area (Å²) < 4.78 is 0. The number of carbonyl (C=O) groups excluding carboxylic acids is 1. The predicted molar refractivity (Wildman–Crippen MR) is 109 cm³/mol. The van der Waals surface area contributed by atoms with Gasteiger partial charge in [0.25, 0.3) is 0 Å². The molecule has 3 aliphatic rings. The lowest BCUT2D eigenvalue weighted by Gasteiger charge is -2.42. The molecule has 27 heavy (non-hydrogen) atoms. The SMILES string of the molecule is CCC(C)NC(=O)[C@@H]1C=C2c3cccc4[nH]cc(c34)C[C@H]2N(CC2CC2)C1. The fraction of sp³-hybridized carbons (Fsp3) is 0.522. The van der Waals surface area contributed by atoms with Crippen LogP contribution in [0, 0.1) is 11.8 Å². The molecule has 5 rings (SSSR count). The van der Waals surface area contributed by atoms with E-state index in [2.05, 4.69) is 59.5 Å². The Kier molecular flexibility index (Phi) is 4.12. The van der Waals surface area contributed by atoms with Crippen molar-refractivity contribution in [1.82, 2.24) is 15.2 Å². The van der Waals surface area contributed by atoms with Crippen LogP contribution in [0.4, 0.5) is 0 Å². The number of fused-ring (bicyclic) bond motifs is 2. The van der Waals surface area contributed by atoms with Crippen molar-refractivity contribution in [3.05, 3.63) is 41.6 Å². The van der Waals surface area contributed by atoms with Gasteiger partial charge in [0.15, 0.2) is 0 Å². The van der Waals surface area contributed by atoms with Crippen molar-refractivity contribution in [2.24, 2.45) is 11.8 Å². The van der Waals surface area contributed by atoms with Crippen LogP contribution in [0.25, 0.3) is 16.5 Å². The van der Waals surface area contributed by atoms with Crippen LogP contribution in [0.5, 0.6) is 0 Å². The molecule has 4 nitrogen and oxygen atoms in total. The van der Waals surface area contributed by atoms with Crippen LogP contribution in [0.15, 0.2) is 30.5 Å². The van der Waals surface area contributed by atoms with E-state index in [1.165, 1.54) is 40.4 Å². The molecule has 2 aliphatic carbocycles.